The molecule has 5 rings (SSSR count). The minimum atomic E-state index is -0.287. The van der Waals surface area contributed by atoms with E-state index in [1.165, 1.54) is 12.8 Å². The van der Waals surface area contributed by atoms with Crippen molar-refractivity contribution < 1.29 is 14.3 Å². The first kappa shape index (κ1) is 24.8. The number of likely N-dealkylation sites (tertiary alicyclic amines) is 1. The van der Waals surface area contributed by atoms with Crippen LogP contribution in [-0.2, 0) is 20.7 Å². The third kappa shape index (κ3) is 5.00. The molecule has 4 saturated heterocycles. The van der Waals surface area contributed by atoms with Crippen LogP contribution in [0.2, 0.25) is 10.0 Å². The lowest BCUT2D eigenvalue weighted by Crippen LogP contribution is -2.75. The van der Waals surface area contributed by atoms with Gasteiger partial charge in [-0.3, -0.25) is 9.69 Å². The summed E-state index contributed by atoms with van der Waals surface area (Å²) in [5.41, 5.74) is 0.620. The number of piperazine rings is 1. The first-order chi connectivity index (χ1) is 16.4. The summed E-state index contributed by atoms with van der Waals surface area (Å²) in [6, 6.07) is 5.68. The monoisotopic (exact) mass is 509 g/mol. The molecule has 0 bridgehead atoms. The first-order valence-corrected chi connectivity index (χ1v) is 13.6. The Bertz CT molecular complexity index is 875. The molecule has 4 heterocycles. The van der Waals surface area contributed by atoms with Crippen LogP contribution in [0.4, 0.5) is 0 Å². The summed E-state index contributed by atoms with van der Waals surface area (Å²) in [6.45, 7) is 10.3. The van der Waals surface area contributed by atoms with E-state index in [1.807, 2.05) is 12.1 Å². The normalized spacial score (nSPS) is 32.8. The number of hydrogen-bond acceptors (Lipinski definition) is 5. The molecular weight excluding hydrogens is 473 g/mol. The van der Waals surface area contributed by atoms with Crippen LogP contribution in [-0.4, -0.2) is 97.4 Å². The number of amides is 1. The van der Waals surface area contributed by atoms with Crippen molar-refractivity contribution >= 4 is 29.1 Å². The van der Waals surface area contributed by atoms with Crippen molar-refractivity contribution in [3.8, 4) is 0 Å². The summed E-state index contributed by atoms with van der Waals surface area (Å²) >= 11 is 12.3. The summed E-state index contributed by atoms with van der Waals surface area (Å²) < 4.78 is 12.2. The standard InChI is InChI=1S/C26H37Cl2N3O3/c1-26-20(15-29-8-2-3-9-29)17-33-18-24(26)30(16-21-5-4-12-34-21)10-11-31(26)25(32)14-19-6-7-22(27)23(28)13-19/h6-7,13,20-21,24H,2-5,8-12,14-18H2,1H3. The van der Waals surface area contributed by atoms with Crippen LogP contribution in [0, 0.1) is 5.92 Å². The molecule has 1 amide bonds. The van der Waals surface area contributed by atoms with E-state index in [4.69, 9.17) is 32.7 Å². The van der Waals surface area contributed by atoms with Gasteiger partial charge in [0.25, 0.3) is 0 Å². The van der Waals surface area contributed by atoms with Crippen molar-refractivity contribution in [3.05, 3.63) is 33.8 Å². The maximum Gasteiger partial charge on any atom is 0.227 e. The number of hydrogen-bond donors (Lipinski definition) is 0. The van der Waals surface area contributed by atoms with Crippen LogP contribution in [0.25, 0.3) is 0 Å². The van der Waals surface area contributed by atoms with Crippen molar-refractivity contribution in [2.45, 2.75) is 56.7 Å². The maximum absolute atomic E-state index is 13.8. The molecule has 4 unspecified atom stereocenters. The second-order valence-electron chi connectivity index (χ2n) is 10.6. The molecule has 4 aliphatic rings. The van der Waals surface area contributed by atoms with Gasteiger partial charge in [-0.05, 0) is 63.4 Å². The molecule has 4 atom stereocenters. The SMILES string of the molecule is CC12C(CN3CCCC3)COCC1N(CC1CCCO1)CCN2C(=O)Cc1ccc(Cl)c(Cl)c1. The molecule has 0 saturated carbocycles. The van der Waals surface area contributed by atoms with E-state index >= 15 is 0 Å². The largest absolute Gasteiger partial charge is 0.379 e. The highest BCUT2D eigenvalue weighted by molar-refractivity contribution is 6.42. The second-order valence-corrected chi connectivity index (χ2v) is 11.4. The van der Waals surface area contributed by atoms with Gasteiger partial charge in [0.2, 0.25) is 5.91 Å². The number of rotatable bonds is 6. The van der Waals surface area contributed by atoms with Crippen molar-refractivity contribution in [3.63, 3.8) is 0 Å². The van der Waals surface area contributed by atoms with Crippen LogP contribution < -0.4 is 0 Å². The second kappa shape index (κ2) is 10.6. The molecule has 1 aromatic rings. The number of halogens is 2. The topological polar surface area (TPSA) is 45.2 Å². The Kier molecular flexibility index (Phi) is 7.74. The minimum absolute atomic E-state index is 0.163. The Morgan fingerprint density at radius 3 is 2.62 bits per heavy atom. The Labute approximate surface area is 213 Å². The van der Waals surface area contributed by atoms with Gasteiger partial charge in [0.1, 0.15) is 0 Å². The summed E-state index contributed by atoms with van der Waals surface area (Å²) in [5.74, 6) is 0.436. The summed E-state index contributed by atoms with van der Waals surface area (Å²) in [5, 5.41) is 1.01. The highest BCUT2D eigenvalue weighted by Gasteiger charge is 2.55. The Morgan fingerprint density at radius 1 is 1.06 bits per heavy atom. The minimum Gasteiger partial charge on any atom is -0.379 e. The van der Waals surface area contributed by atoms with Crippen molar-refractivity contribution in [2.75, 3.05) is 59.1 Å². The van der Waals surface area contributed by atoms with Gasteiger partial charge in [-0.25, -0.2) is 0 Å². The van der Waals surface area contributed by atoms with Crippen LogP contribution >= 0.6 is 23.2 Å². The molecule has 0 N–H and O–H groups in total. The van der Waals surface area contributed by atoms with Crippen molar-refractivity contribution in [1.29, 1.82) is 0 Å². The van der Waals surface area contributed by atoms with Crippen LogP contribution in [0.1, 0.15) is 38.2 Å². The molecule has 4 fully saturated rings. The van der Waals surface area contributed by atoms with E-state index in [2.05, 4.69) is 21.6 Å². The van der Waals surface area contributed by atoms with E-state index in [0.717, 1.165) is 64.3 Å². The van der Waals surface area contributed by atoms with Crippen molar-refractivity contribution in [1.82, 2.24) is 14.7 Å². The fraction of sp³-hybridized carbons (Fsp3) is 0.731. The average molecular weight is 511 g/mol. The van der Waals surface area contributed by atoms with E-state index in [9.17, 15) is 4.79 Å². The maximum atomic E-state index is 13.8. The third-order valence-electron chi connectivity index (χ3n) is 8.51. The predicted octanol–water partition coefficient (Wildman–Crippen LogP) is 3.73. The Hall–Kier alpha value is -0.890. The lowest BCUT2D eigenvalue weighted by molar-refractivity contribution is -0.177. The number of benzene rings is 1. The van der Waals surface area contributed by atoms with E-state index in [0.29, 0.717) is 35.8 Å². The average Bonchev–Trinajstić information content (AvgIpc) is 3.51. The van der Waals surface area contributed by atoms with E-state index in [1.54, 1.807) is 6.07 Å². The summed E-state index contributed by atoms with van der Waals surface area (Å²) in [7, 11) is 0. The van der Waals surface area contributed by atoms with Crippen molar-refractivity contribution in [2.24, 2.45) is 5.92 Å². The van der Waals surface area contributed by atoms with Gasteiger partial charge in [-0.15, -0.1) is 0 Å². The number of carbonyl (C=O) groups is 1. The van der Waals surface area contributed by atoms with E-state index in [-0.39, 0.29) is 23.4 Å². The molecule has 8 heteroatoms. The summed E-state index contributed by atoms with van der Waals surface area (Å²) in [6.07, 6.45) is 5.42. The number of fused-ring (bicyclic) bond motifs is 1. The fourth-order valence-electron chi connectivity index (χ4n) is 6.53. The molecule has 34 heavy (non-hydrogen) atoms. The molecule has 0 spiro atoms. The number of ether oxygens (including phenoxy) is 2. The third-order valence-corrected chi connectivity index (χ3v) is 9.25. The molecule has 0 aliphatic carbocycles. The smallest absolute Gasteiger partial charge is 0.227 e. The molecule has 0 aromatic heterocycles. The fourth-order valence-corrected chi connectivity index (χ4v) is 6.85. The molecule has 0 radical (unpaired) electrons. The van der Waals surface area contributed by atoms with Crippen LogP contribution in [0.5, 0.6) is 0 Å². The quantitative estimate of drug-likeness (QED) is 0.584. The number of carbonyl (C=O) groups excluding carboxylic acids is 1. The van der Waals surface area contributed by atoms with E-state index < -0.39 is 0 Å². The van der Waals surface area contributed by atoms with Gasteiger partial charge in [-0.1, -0.05) is 29.3 Å². The van der Waals surface area contributed by atoms with Gasteiger partial charge in [-0.2, -0.15) is 0 Å². The lowest BCUT2D eigenvalue weighted by atomic mass is 9.73. The highest BCUT2D eigenvalue weighted by atomic mass is 35.5. The number of nitrogens with zero attached hydrogens (tertiary/aromatic N) is 3. The zero-order valence-corrected chi connectivity index (χ0v) is 21.7. The van der Waals surface area contributed by atoms with Crippen LogP contribution in [0.15, 0.2) is 18.2 Å². The molecule has 188 valence electrons. The molecule has 6 nitrogen and oxygen atoms in total. The predicted molar refractivity (Wildman–Crippen MR) is 135 cm³/mol. The zero-order chi connectivity index (χ0) is 23.7. The van der Waals surface area contributed by atoms with Crippen LogP contribution in [0.3, 0.4) is 0 Å². The van der Waals surface area contributed by atoms with Gasteiger partial charge < -0.3 is 19.3 Å². The van der Waals surface area contributed by atoms with Gasteiger partial charge in [0.15, 0.2) is 0 Å². The highest BCUT2D eigenvalue weighted by Crippen LogP contribution is 2.40. The first-order valence-electron chi connectivity index (χ1n) is 12.9. The Balaban J connectivity index is 1.40. The molecular formula is C26H37Cl2N3O3. The van der Waals surface area contributed by atoms with Gasteiger partial charge in [0.05, 0.1) is 47.4 Å². The lowest BCUT2D eigenvalue weighted by Gasteiger charge is -2.60. The van der Waals surface area contributed by atoms with Gasteiger partial charge in [0, 0.05) is 38.7 Å². The summed E-state index contributed by atoms with van der Waals surface area (Å²) in [4.78, 5) is 21.1. The van der Waals surface area contributed by atoms with Gasteiger partial charge >= 0.3 is 0 Å². The zero-order valence-electron chi connectivity index (χ0n) is 20.2. The Morgan fingerprint density at radius 2 is 1.88 bits per heavy atom. The molecule has 4 aliphatic heterocycles. The molecule has 1 aromatic carbocycles.